The van der Waals surface area contributed by atoms with Crippen LogP contribution in [-0.4, -0.2) is 25.6 Å². The molecule has 3 nitrogen and oxygen atoms in total. The fraction of sp³-hybridized carbons (Fsp3) is 0.533. The van der Waals surface area contributed by atoms with Crippen LogP contribution < -0.4 is 10.6 Å². The number of nitrogens with zero attached hydrogens (tertiary/aromatic N) is 1. The Hall–Kier alpha value is -0.920. The fourth-order valence-electron chi connectivity index (χ4n) is 2.38. The molecule has 1 aromatic carbocycles. The van der Waals surface area contributed by atoms with E-state index in [2.05, 4.69) is 15.6 Å². The van der Waals surface area contributed by atoms with Crippen LogP contribution in [-0.2, 0) is 5.41 Å². The van der Waals surface area contributed by atoms with Gasteiger partial charge in [-0.25, -0.2) is 8.78 Å². The maximum atomic E-state index is 13.9. The average molecular weight is 409 g/mol. The molecule has 118 valence electrons. The minimum atomic E-state index is -0.467. The molecule has 0 unspecified atom stereocenters. The monoisotopic (exact) mass is 409 g/mol. The standard InChI is InChI=1S/C15H21F2N3.HI/c1-3-18-14(19-4-2)20-10-15(8-9-15)13-11(16)6-5-7-12(13)17;/h5-7H,3-4,8-10H2,1-2H3,(H2,18,19,20);1H. The summed E-state index contributed by atoms with van der Waals surface area (Å²) in [5, 5.41) is 6.23. The minimum Gasteiger partial charge on any atom is -0.357 e. The largest absolute Gasteiger partial charge is 0.357 e. The lowest BCUT2D eigenvalue weighted by Crippen LogP contribution is -2.37. The molecule has 2 rings (SSSR count). The van der Waals surface area contributed by atoms with Gasteiger partial charge in [0.25, 0.3) is 0 Å². The number of aliphatic imine (C=N–C) groups is 1. The summed E-state index contributed by atoms with van der Waals surface area (Å²) in [5.74, 6) is -0.240. The SMILES string of the molecule is CCNC(=NCC1(c2c(F)cccc2F)CC1)NCC.I. The summed E-state index contributed by atoms with van der Waals surface area (Å²) in [5.41, 5.74) is -0.276. The van der Waals surface area contributed by atoms with Crippen LogP contribution in [0.4, 0.5) is 8.78 Å². The Bertz CT molecular complexity index is 473. The van der Waals surface area contributed by atoms with Gasteiger partial charge in [0.2, 0.25) is 0 Å². The van der Waals surface area contributed by atoms with Crippen molar-refractivity contribution in [2.75, 3.05) is 19.6 Å². The first kappa shape index (κ1) is 18.1. The molecule has 1 aliphatic carbocycles. The van der Waals surface area contributed by atoms with Crippen LogP contribution in [0.15, 0.2) is 23.2 Å². The number of nitrogens with one attached hydrogen (secondary N) is 2. The molecule has 0 radical (unpaired) electrons. The second-order valence-electron chi connectivity index (χ2n) is 5.10. The summed E-state index contributed by atoms with van der Waals surface area (Å²) in [4.78, 5) is 4.46. The van der Waals surface area contributed by atoms with Gasteiger partial charge in [0, 0.05) is 24.1 Å². The highest BCUT2D eigenvalue weighted by molar-refractivity contribution is 14.0. The molecule has 1 aromatic rings. The van der Waals surface area contributed by atoms with Gasteiger partial charge in [-0.1, -0.05) is 6.07 Å². The van der Waals surface area contributed by atoms with Crippen molar-refractivity contribution in [3.63, 3.8) is 0 Å². The molecule has 21 heavy (non-hydrogen) atoms. The van der Waals surface area contributed by atoms with Crippen molar-refractivity contribution in [3.05, 3.63) is 35.4 Å². The van der Waals surface area contributed by atoms with Crippen molar-refractivity contribution in [3.8, 4) is 0 Å². The van der Waals surface area contributed by atoms with Crippen molar-refractivity contribution in [2.45, 2.75) is 32.1 Å². The highest BCUT2D eigenvalue weighted by Gasteiger charge is 2.47. The third-order valence-electron chi connectivity index (χ3n) is 3.57. The van der Waals surface area contributed by atoms with Crippen LogP contribution in [0.5, 0.6) is 0 Å². The van der Waals surface area contributed by atoms with Crippen LogP contribution in [0.1, 0.15) is 32.3 Å². The molecule has 0 heterocycles. The van der Waals surface area contributed by atoms with E-state index in [4.69, 9.17) is 0 Å². The summed E-state index contributed by atoms with van der Waals surface area (Å²) in [7, 11) is 0. The normalized spacial score (nSPS) is 14.9. The predicted octanol–water partition coefficient (Wildman–Crippen LogP) is 3.19. The summed E-state index contributed by atoms with van der Waals surface area (Å²) >= 11 is 0. The lowest BCUT2D eigenvalue weighted by molar-refractivity contribution is 0.516. The maximum absolute atomic E-state index is 13.9. The Balaban J connectivity index is 0.00000220. The molecule has 2 N–H and O–H groups in total. The Morgan fingerprint density at radius 3 is 2.10 bits per heavy atom. The molecule has 1 fully saturated rings. The number of hydrogen-bond acceptors (Lipinski definition) is 1. The average Bonchev–Trinajstić information content (AvgIpc) is 3.17. The third kappa shape index (κ3) is 4.28. The van der Waals surface area contributed by atoms with E-state index >= 15 is 0 Å². The van der Waals surface area contributed by atoms with Gasteiger partial charge < -0.3 is 10.6 Å². The van der Waals surface area contributed by atoms with Crippen molar-refractivity contribution < 1.29 is 8.78 Å². The van der Waals surface area contributed by atoms with Crippen molar-refractivity contribution in [2.24, 2.45) is 4.99 Å². The van der Waals surface area contributed by atoms with Crippen LogP contribution in [0.25, 0.3) is 0 Å². The molecular weight excluding hydrogens is 387 g/mol. The molecule has 1 aliphatic rings. The van der Waals surface area contributed by atoms with Gasteiger partial charge in [0.05, 0.1) is 6.54 Å². The van der Waals surface area contributed by atoms with Gasteiger partial charge >= 0.3 is 0 Å². The zero-order valence-corrected chi connectivity index (χ0v) is 14.7. The summed E-state index contributed by atoms with van der Waals surface area (Å²) in [6.45, 7) is 5.88. The first-order valence-electron chi connectivity index (χ1n) is 7.09. The number of benzene rings is 1. The van der Waals surface area contributed by atoms with Crippen molar-refractivity contribution >= 4 is 29.9 Å². The first-order valence-corrected chi connectivity index (χ1v) is 7.09. The van der Waals surface area contributed by atoms with Crippen molar-refractivity contribution in [1.82, 2.24) is 10.6 Å². The van der Waals surface area contributed by atoms with Gasteiger partial charge in [-0.15, -0.1) is 24.0 Å². The zero-order valence-electron chi connectivity index (χ0n) is 12.4. The van der Waals surface area contributed by atoms with Gasteiger partial charge in [0.1, 0.15) is 11.6 Å². The van der Waals surface area contributed by atoms with Crippen LogP contribution >= 0.6 is 24.0 Å². The molecule has 0 amide bonds. The molecule has 6 heteroatoms. The molecule has 0 saturated heterocycles. The Morgan fingerprint density at radius 2 is 1.67 bits per heavy atom. The second-order valence-corrected chi connectivity index (χ2v) is 5.10. The van der Waals surface area contributed by atoms with E-state index in [0.717, 1.165) is 25.9 Å². The highest BCUT2D eigenvalue weighted by Crippen LogP contribution is 2.50. The molecule has 0 spiro atoms. The lowest BCUT2D eigenvalue weighted by Gasteiger charge is -2.16. The topological polar surface area (TPSA) is 36.4 Å². The smallest absolute Gasteiger partial charge is 0.191 e. The Kier molecular flexibility index (Phi) is 6.83. The van der Waals surface area contributed by atoms with E-state index in [0.29, 0.717) is 12.5 Å². The van der Waals surface area contributed by atoms with E-state index in [-0.39, 0.29) is 29.5 Å². The van der Waals surface area contributed by atoms with Crippen molar-refractivity contribution in [1.29, 1.82) is 0 Å². The fourth-order valence-corrected chi connectivity index (χ4v) is 2.38. The number of guanidine groups is 1. The van der Waals surface area contributed by atoms with E-state index in [9.17, 15) is 8.78 Å². The Labute approximate surface area is 141 Å². The van der Waals surface area contributed by atoms with Crippen LogP contribution in [0.3, 0.4) is 0 Å². The summed E-state index contributed by atoms with van der Waals surface area (Å²) in [6.07, 6.45) is 1.56. The second kappa shape index (κ2) is 7.91. The molecule has 0 bridgehead atoms. The number of halogens is 3. The summed E-state index contributed by atoms with van der Waals surface area (Å²) < 4.78 is 27.8. The summed E-state index contributed by atoms with van der Waals surface area (Å²) in [6, 6.07) is 4.03. The van der Waals surface area contributed by atoms with Gasteiger partial charge in [-0.05, 0) is 38.8 Å². The predicted molar refractivity (Wildman–Crippen MR) is 92.3 cm³/mol. The molecule has 0 aliphatic heterocycles. The van der Waals surface area contributed by atoms with Crippen LogP contribution in [0.2, 0.25) is 0 Å². The Morgan fingerprint density at radius 1 is 1.14 bits per heavy atom. The molecular formula is C15H22F2IN3. The van der Waals surface area contributed by atoms with Gasteiger partial charge in [-0.3, -0.25) is 4.99 Å². The van der Waals surface area contributed by atoms with E-state index in [1.165, 1.54) is 18.2 Å². The number of hydrogen-bond donors (Lipinski definition) is 2. The minimum absolute atomic E-state index is 0. The van der Waals surface area contributed by atoms with Gasteiger partial charge in [0.15, 0.2) is 5.96 Å². The quantitative estimate of drug-likeness (QED) is 0.445. The van der Waals surface area contributed by atoms with Crippen LogP contribution in [0, 0.1) is 11.6 Å². The first-order chi connectivity index (χ1) is 9.63. The third-order valence-corrected chi connectivity index (χ3v) is 3.57. The van der Waals surface area contributed by atoms with E-state index < -0.39 is 17.0 Å². The number of rotatable bonds is 5. The molecule has 0 aromatic heterocycles. The lowest BCUT2D eigenvalue weighted by atomic mass is 9.95. The molecule has 0 atom stereocenters. The maximum Gasteiger partial charge on any atom is 0.191 e. The van der Waals surface area contributed by atoms with E-state index in [1.807, 2.05) is 13.8 Å². The van der Waals surface area contributed by atoms with E-state index in [1.54, 1.807) is 0 Å². The highest BCUT2D eigenvalue weighted by atomic mass is 127. The zero-order chi connectivity index (χ0) is 14.6. The molecule has 1 saturated carbocycles. The van der Waals surface area contributed by atoms with Gasteiger partial charge in [-0.2, -0.15) is 0 Å².